The smallest absolute Gasteiger partial charge is 0.465 e. The van der Waals surface area contributed by atoms with E-state index in [1.165, 1.54) is 89.9 Å². The molecule has 0 aliphatic carbocycles. The summed E-state index contributed by atoms with van der Waals surface area (Å²) in [5, 5.41) is 0. The molecule has 0 aromatic heterocycles. The number of hydrogen-bond donors (Lipinski definition) is 0. The average Bonchev–Trinajstić information content (AvgIpc) is 3.58. The number of nitrogens with zero attached hydrogens (tertiary/aromatic N) is 1. The number of hydrogen-bond acceptors (Lipinski definition) is 15. The van der Waals surface area contributed by atoms with E-state index in [9.17, 15) is 24.0 Å². The molecule has 15 heteroatoms. The first-order chi connectivity index (χ1) is 43.1. The SMILES string of the molecule is CCCCC/C=C\C/C=C\CCCCCCCC(=O)OCC(COC(=O)CCC(OCCCCCCCC)OCCCCCCCC)COC(=O)OCC(COC(=O)CCCCCCC/C=C\C/C=C\CCCCC)COC(=O)OCCCN(CC)CC. The molecule has 0 aromatic rings. The van der Waals surface area contributed by atoms with Crippen molar-refractivity contribution in [2.24, 2.45) is 11.8 Å². The van der Waals surface area contributed by atoms with Crippen LogP contribution in [0.4, 0.5) is 9.59 Å². The van der Waals surface area contributed by atoms with Crippen molar-refractivity contribution in [1.82, 2.24) is 4.90 Å². The quantitative estimate of drug-likeness (QED) is 0.0185. The van der Waals surface area contributed by atoms with Gasteiger partial charge in [-0.2, -0.15) is 0 Å². The largest absolute Gasteiger partial charge is 0.508 e. The molecule has 0 aliphatic heterocycles. The van der Waals surface area contributed by atoms with Crippen LogP contribution in [0.15, 0.2) is 48.6 Å². The van der Waals surface area contributed by atoms with Gasteiger partial charge in [0.2, 0.25) is 0 Å². The van der Waals surface area contributed by atoms with E-state index < -0.39 is 42.4 Å². The first-order valence-corrected chi connectivity index (χ1v) is 35.7. The lowest BCUT2D eigenvalue weighted by atomic mass is 10.1. The van der Waals surface area contributed by atoms with Crippen molar-refractivity contribution in [3.63, 3.8) is 0 Å². The summed E-state index contributed by atoms with van der Waals surface area (Å²) >= 11 is 0. The van der Waals surface area contributed by atoms with Gasteiger partial charge in [-0.25, -0.2) is 9.59 Å². The van der Waals surface area contributed by atoms with Crippen LogP contribution in [-0.4, -0.2) is 121 Å². The van der Waals surface area contributed by atoms with Crippen molar-refractivity contribution in [3.05, 3.63) is 48.6 Å². The molecule has 88 heavy (non-hydrogen) atoms. The Hall–Kier alpha value is -4.21. The predicted octanol–water partition coefficient (Wildman–Crippen LogP) is 19.4. The normalized spacial score (nSPS) is 12.5. The van der Waals surface area contributed by atoms with Gasteiger partial charge in [0.15, 0.2) is 6.29 Å². The zero-order chi connectivity index (χ0) is 64.3. The molecule has 0 heterocycles. The number of esters is 3. The summed E-state index contributed by atoms with van der Waals surface area (Å²) in [5.74, 6) is -2.66. The molecule has 0 amide bonds. The topological polar surface area (TPSA) is 172 Å². The van der Waals surface area contributed by atoms with Gasteiger partial charge in [-0.15, -0.1) is 0 Å². The fourth-order valence-corrected chi connectivity index (χ4v) is 9.57. The Balaban J connectivity index is 5.60. The standard InChI is InChI=1S/C73H131NO14/c1-7-13-17-21-25-27-29-31-33-35-37-39-41-43-47-52-68(75)83-60-66(61-85-70(77)54-55-71(80-57-49-45-23-19-15-9-3)81-58-50-46-24-20-16-10-4)63-87-73(79)88-65-67(64-86-72(78)82-59-51-56-74(11-5)12-6)62-84-69(76)53-48-44-42-40-38-36-34-32-30-28-26-22-18-14-8-2/h25-28,31-34,66-67,71H,7-24,29-30,35-65H2,1-6H3/b27-25-,28-26-,33-31-,34-32-. The van der Waals surface area contributed by atoms with E-state index in [-0.39, 0.29) is 71.5 Å². The molecular formula is C73H131NO14. The molecule has 0 saturated heterocycles. The third-order valence-electron chi connectivity index (χ3n) is 15.3. The molecule has 0 N–H and O–H groups in total. The van der Waals surface area contributed by atoms with Crippen molar-refractivity contribution in [1.29, 1.82) is 0 Å². The Morgan fingerprint density at radius 3 is 1.03 bits per heavy atom. The van der Waals surface area contributed by atoms with Crippen molar-refractivity contribution in [3.8, 4) is 0 Å². The summed E-state index contributed by atoms with van der Waals surface area (Å²) < 4.78 is 51.0. The second kappa shape index (κ2) is 67.2. The molecule has 0 radical (unpaired) electrons. The number of unbranched alkanes of at least 4 members (excludes halogenated alkanes) is 26. The molecule has 0 bridgehead atoms. The molecule has 0 rings (SSSR count). The van der Waals surface area contributed by atoms with Crippen LogP contribution >= 0.6 is 0 Å². The van der Waals surface area contributed by atoms with Crippen LogP contribution in [0.2, 0.25) is 0 Å². The van der Waals surface area contributed by atoms with E-state index in [4.69, 9.17) is 42.6 Å². The minimum Gasteiger partial charge on any atom is -0.465 e. The van der Waals surface area contributed by atoms with E-state index in [1.807, 2.05) is 0 Å². The average molecular weight is 1250 g/mol. The van der Waals surface area contributed by atoms with Crippen LogP contribution in [-0.2, 0) is 57.0 Å². The lowest BCUT2D eigenvalue weighted by Crippen LogP contribution is -2.29. The Bertz CT molecular complexity index is 1700. The van der Waals surface area contributed by atoms with Crippen molar-refractivity contribution in [2.75, 3.05) is 79.1 Å². The van der Waals surface area contributed by atoms with E-state index in [1.54, 1.807) is 0 Å². The van der Waals surface area contributed by atoms with Crippen LogP contribution in [0.3, 0.4) is 0 Å². The summed E-state index contributed by atoms with van der Waals surface area (Å²) in [5.41, 5.74) is 0. The van der Waals surface area contributed by atoms with E-state index >= 15 is 0 Å². The van der Waals surface area contributed by atoms with Crippen LogP contribution < -0.4 is 0 Å². The summed E-state index contributed by atoms with van der Waals surface area (Å²) in [7, 11) is 0. The van der Waals surface area contributed by atoms with Crippen molar-refractivity contribution >= 4 is 30.2 Å². The van der Waals surface area contributed by atoms with Crippen molar-refractivity contribution < 1.29 is 66.6 Å². The number of ether oxygens (including phenoxy) is 9. The highest BCUT2D eigenvalue weighted by Crippen LogP contribution is 2.16. The maximum absolute atomic E-state index is 13.3. The lowest BCUT2D eigenvalue weighted by molar-refractivity contribution is -0.161. The molecule has 0 aromatic carbocycles. The van der Waals surface area contributed by atoms with E-state index in [0.29, 0.717) is 38.9 Å². The monoisotopic (exact) mass is 1250 g/mol. The first kappa shape index (κ1) is 83.8. The summed E-state index contributed by atoms with van der Waals surface area (Å²) in [6.07, 6.45) is 54.2. The molecule has 2 atom stereocenters. The molecule has 0 aliphatic rings. The van der Waals surface area contributed by atoms with E-state index in [2.05, 4.69) is 95.1 Å². The Morgan fingerprint density at radius 1 is 0.318 bits per heavy atom. The number of allylic oxidation sites excluding steroid dienone is 8. The van der Waals surface area contributed by atoms with Gasteiger partial charge < -0.3 is 47.5 Å². The van der Waals surface area contributed by atoms with Gasteiger partial charge in [-0.1, -0.05) is 219 Å². The molecule has 15 nitrogen and oxygen atoms in total. The van der Waals surface area contributed by atoms with Gasteiger partial charge in [0, 0.05) is 39.0 Å². The highest BCUT2D eigenvalue weighted by molar-refractivity contribution is 5.70. The second-order valence-corrected chi connectivity index (χ2v) is 23.6. The van der Waals surface area contributed by atoms with Crippen LogP contribution in [0.25, 0.3) is 0 Å². The number of rotatable bonds is 65. The predicted molar refractivity (Wildman–Crippen MR) is 357 cm³/mol. The molecular weight excluding hydrogens is 1110 g/mol. The van der Waals surface area contributed by atoms with E-state index in [0.717, 1.165) is 135 Å². The lowest BCUT2D eigenvalue weighted by Gasteiger charge is -2.20. The molecule has 0 spiro atoms. The highest BCUT2D eigenvalue weighted by Gasteiger charge is 2.23. The van der Waals surface area contributed by atoms with Crippen LogP contribution in [0.5, 0.6) is 0 Å². The molecule has 2 unspecified atom stereocenters. The zero-order valence-electron chi connectivity index (χ0n) is 57.1. The van der Waals surface area contributed by atoms with Crippen LogP contribution in [0, 0.1) is 11.8 Å². The van der Waals surface area contributed by atoms with Gasteiger partial charge in [-0.05, 0) is 109 Å². The van der Waals surface area contributed by atoms with Crippen molar-refractivity contribution in [2.45, 2.75) is 298 Å². The second-order valence-electron chi connectivity index (χ2n) is 23.6. The highest BCUT2D eigenvalue weighted by atomic mass is 16.7. The summed E-state index contributed by atoms with van der Waals surface area (Å²) in [6.45, 7) is 15.5. The van der Waals surface area contributed by atoms with Gasteiger partial charge >= 0.3 is 30.2 Å². The Labute approximate surface area is 537 Å². The molecule has 0 fully saturated rings. The minimum absolute atomic E-state index is 0.0493. The third kappa shape index (κ3) is 60.7. The third-order valence-corrected chi connectivity index (χ3v) is 15.3. The maximum Gasteiger partial charge on any atom is 0.508 e. The van der Waals surface area contributed by atoms with Gasteiger partial charge in [0.05, 0.1) is 24.9 Å². The summed E-state index contributed by atoms with van der Waals surface area (Å²) in [4.78, 5) is 67.2. The minimum atomic E-state index is -1.04. The summed E-state index contributed by atoms with van der Waals surface area (Å²) in [6, 6.07) is 0. The Morgan fingerprint density at radius 2 is 0.636 bits per heavy atom. The Kier molecular flexibility index (Phi) is 64.0. The fraction of sp³-hybridized carbons (Fsp3) is 0.822. The first-order valence-electron chi connectivity index (χ1n) is 35.7. The molecule has 512 valence electrons. The number of carbonyl (C=O) groups is 5. The molecule has 0 saturated carbocycles. The van der Waals surface area contributed by atoms with Gasteiger partial charge in [0.25, 0.3) is 0 Å². The van der Waals surface area contributed by atoms with Gasteiger partial charge in [0.1, 0.15) is 39.6 Å². The maximum atomic E-state index is 13.3. The van der Waals surface area contributed by atoms with Crippen LogP contribution in [0.1, 0.15) is 292 Å². The zero-order valence-corrected chi connectivity index (χ0v) is 57.1. The number of carbonyl (C=O) groups excluding carboxylic acids is 5. The van der Waals surface area contributed by atoms with Gasteiger partial charge in [-0.3, -0.25) is 14.4 Å². The fourth-order valence-electron chi connectivity index (χ4n) is 9.57.